The van der Waals surface area contributed by atoms with E-state index in [2.05, 4.69) is 0 Å². The van der Waals surface area contributed by atoms with Crippen LogP contribution in [0, 0.1) is 17.3 Å². The molecule has 54 valence electrons. The molecule has 3 unspecified atom stereocenters. The highest BCUT2D eigenvalue weighted by Crippen LogP contribution is 2.60. The van der Waals surface area contributed by atoms with Crippen LogP contribution < -0.4 is 0 Å². The predicted molar refractivity (Wildman–Crippen MR) is 35.4 cm³/mol. The molecule has 0 aromatic rings. The van der Waals surface area contributed by atoms with Crippen LogP contribution >= 0.6 is 0 Å². The van der Waals surface area contributed by atoms with Crippen LogP contribution in [0.2, 0.25) is 0 Å². The summed E-state index contributed by atoms with van der Waals surface area (Å²) in [5, 5.41) is 0. The predicted octanol–water partition coefficient (Wildman–Crippen LogP) is 0.800. The zero-order valence-corrected chi connectivity index (χ0v) is 6.18. The first-order chi connectivity index (χ1) is 4.57. The molecule has 2 aliphatic rings. The van der Waals surface area contributed by atoms with Gasteiger partial charge in [-0.1, -0.05) is 6.92 Å². The molecule has 0 saturated heterocycles. The van der Waals surface area contributed by atoms with Crippen LogP contribution in [-0.2, 0) is 9.59 Å². The fraction of sp³-hybridized carbons (Fsp3) is 0.750. The van der Waals surface area contributed by atoms with Crippen molar-refractivity contribution in [2.75, 3.05) is 0 Å². The maximum atomic E-state index is 11.3. The van der Waals surface area contributed by atoms with Crippen LogP contribution in [0.4, 0.5) is 0 Å². The van der Waals surface area contributed by atoms with Crippen molar-refractivity contribution in [3.8, 4) is 0 Å². The van der Waals surface area contributed by atoms with Crippen molar-refractivity contribution >= 4 is 11.6 Å². The standard InChI is InChI=1S/C8H10O2/c1-4-6(9)5-3-8(5,2)7(4)10/h4-5H,3H2,1-2H3. The minimum atomic E-state index is -0.302. The van der Waals surface area contributed by atoms with Crippen LogP contribution in [0.3, 0.4) is 0 Å². The number of Topliss-reactive ketones (excluding diaryl/α,β-unsaturated/α-hetero) is 2. The lowest BCUT2D eigenvalue weighted by molar-refractivity contribution is -0.130. The van der Waals surface area contributed by atoms with Crippen LogP contribution in [0.1, 0.15) is 20.3 Å². The lowest BCUT2D eigenvalue weighted by Gasteiger charge is -2.03. The molecule has 2 fully saturated rings. The summed E-state index contributed by atoms with van der Waals surface area (Å²) in [5.41, 5.74) is -0.226. The quantitative estimate of drug-likeness (QED) is 0.464. The SMILES string of the molecule is CC1C(=O)C2CC2(C)C1=O. The highest BCUT2D eigenvalue weighted by molar-refractivity contribution is 6.16. The van der Waals surface area contributed by atoms with Crippen molar-refractivity contribution < 1.29 is 9.59 Å². The Morgan fingerprint density at radius 1 is 1.50 bits per heavy atom. The second kappa shape index (κ2) is 1.34. The van der Waals surface area contributed by atoms with Crippen molar-refractivity contribution in [2.45, 2.75) is 20.3 Å². The second-order valence-electron chi connectivity index (χ2n) is 3.66. The summed E-state index contributed by atoms with van der Waals surface area (Å²) < 4.78 is 0. The minimum Gasteiger partial charge on any atom is -0.299 e. The maximum absolute atomic E-state index is 11.3. The van der Waals surface area contributed by atoms with Crippen LogP contribution in [0.25, 0.3) is 0 Å². The Morgan fingerprint density at radius 2 is 2.10 bits per heavy atom. The third kappa shape index (κ3) is 0.425. The number of carbonyl (C=O) groups is 2. The minimum absolute atomic E-state index is 0.0926. The highest BCUT2D eigenvalue weighted by atomic mass is 16.2. The van der Waals surface area contributed by atoms with Gasteiger partial charge in [0, 0.05) is 11.3 Å². The maximum Gasteiger partial charge on any atom is 0.149 e. The molecule has 0 aromatic heterocycles. The van der Waals surface area contributed by atoms with Gasteiger partial charge >= 0.3 is 0 Å². The monoisotopic (exact) mass is 138 g/mol. The first-order valence-electron chi connectivity index (χ1n) is 3.65. The second-order valence-corrected chi connectivity index (χ2v) is 3.66. The van der Waals surface area contributed by atoms with E-state index in [1.807, 2.05) is 6.92 Å². The van der Waals surface area contributed by atoms with Crippen molar-refractivity contribution in [3.63, 3.8) is 0 Å². The molecule has 10 heavy (non-hydrogen) atoms. The van der Waals surface area contributed by atoms with Gasteiger partial charge < -0.3 is 0 Å². The van der Waals surface area contributed by atoms with E-state index in [9.17, 15) is 9.59 Å². The lowest BCUT2D eigenvalue weighted by atomic mass is 9.99. The lowest BCUT2D eigenvalue weighted by Crippen LogP contribution is -2.18. The molecule has 0 aromatic carbocycles. The summed E-state index contributed by atoms with van der Waals surface area (Å²) in [7, 11) is 0. The Balaban J connectivity index is 2.40. The average Bonchev–Trinajstić information content (AvgIpc) is 2.54. The number of fused-ring (bicyclic) bond motifs is 1. The van der Waals surface area contributed by atoms with E-state index < -0.39 is 0 Å². The van der Waals surface area contributed by atoms with Gasteiger partial charge in [0.05, 0.1) is 5.92 Å². The molecule has 2 rings (SSSR count). The average molecular weight is 138 g/mol. The molecule has 2 nitrogen and oxygen atoms in total. The summed E-state index contributed by atoms with van der Waals surface area (Å²) in [5.74, 6) is 0.133. The number of carbonyl (C=O) groups excluding carboxylic acids is 2. The van der Waals surface area contributed by atoms with Gasteiger partial charge in [-0.25, -0.2) is 0 Å². The number of rotatable bonds is 0. The largest absolute Gasteiger partial charge is 0.299 e. The van der Waals surface area contributed by atoms with E-state index in [-0.39, 0.29) is 28.8 Å². The van der Waals surface area contributed by atoms with Gasteiger partial charge in [-0.05, 0) is 13.3 Å². The topological polar surface area (TPSA) is 34.1 Å². The zero-order valence-electron chi connectivity index (χ0n) is 6.18. The molecule has 2 saturated carbocycles. The summed E-state index contributed by atoms with van der Waals surface area (Å²) >= 11 is 0. The Hall–Kier alpha value is -0.660. The zero-order chi connectivity index (χ0) is 7.52. The van der Waals surface area contributed by atoms with E-state index in [1.165, 1.54) is 0 Å². The third-order valence-electron chi connectivity index (χ3n) is 2.96. The molecule has 0 aliphatic heterocycles. The van der Waals surface area contributed by atoms with E-state index in [4.69, 9.17) is 0 Å². The van der Waals surface area contributed by atoms with Gasteiger partial charge in [0.15, 0.2) is 0 Å². The summed E-state index contributed by atoms with van der Waals surface area (Å²) in [6.07, 6.45) is 0.814. The molecule has 0 N–H and O–H groups in total. The van der Waals surface area contributed by atoms with Gasteiger partial charge in [0.1, 0.15) is 11.6 Å². The van der Waals surface area contributed by atoms with Crippen LogP contribution in [0.5, 0.6) is 0 Å². The molecular weight excluding hydrogens is 128 g/mol. The Bertz CT molecular complexity index is 231. The van der Waals surface area contributed by atoms with E-state index in [0.717, 1.165) is 6.42 Å². The van der Waals surface area contributed by atoms with Gasteiger partial charge in [-0.2, -0.15) is 0 Å². The Labute approximate surface area is 59.6 Å². The van der Waals surface area contributed by atoms with Crippen molar-refractivity contribution in [3.05, 3.63) is 0 Å². The number of hydrogen-bond donors (Lipinski definition) is 0. The van der Waals surface area contributed by atoms with Crippen LogP contribution in [0.15, 0.2) is 0 Å². The normalized spacial score (nSPS) is 51.4. The van der Waals surface area contributed by atoms with E-state index >= 15 is 0 Å². The summed E-state index contributed by atoms with van der Waals surface area (Å²) in [6.45, 7) is 3.63. The van der Waals surface area contributed by atoms with Crippen molar-refractivity contribution in [2.24, 2.45) is 17.3 Å². The molecule has 0 heterocycles. The molecule has 2 aliphatic carbocycles. The Kier molecular flexibility index (Phi) is 0.812. The molecule has 0 amide bonds. The molecule has 0 radical (unpaired) electrons. The summed E-state index contributed by atoms with van der Waals surface area (Å²) in [6, 6.07) is 0. The molecule has 2 heteroatoms. The van der Waals surface area contributed by atoms with Crippen LogP contribution in [-0.4, -0.2) is 11.6 Å². The van der Waals surface area contributed by atoms with Gasteiger partial charge in [0.2, 0.25) is 0 Å². The van der Waals surface area contributed by atoms with Crippen molar-refractivity contribution in [1.29, 1.82) is 0 Å². The number of hydrogen-bond acceptors (Lipinski definition) is 2. The molecule has 3 atom stereocenters. The highest BCUT2D eigenvalue weighted by Gasteiger charge is 2.67. The molecule has 0 bridgehead atoms. The van der Waals surface area contributed by atoms with E-state index in [1.54, 1.807) is 6.92 Å². The van der Waals surface area contributed by atoms with Crippen molar-refractivity contribution in [1.82, 2.24) is 0 Å². The van der Waals surface area contributed by atoms with Gasteiger partial charge in [-0.3, -0.25) is 9.59 Å². The Morgan fingerprint density at radius 3 is 2.30 bits per heavy atom. The van der Waals surface area contributed by atoms with Gasteiger partial charge in [-0.15, -0.1) is 0 Å². The fourth-order valence-corrected chi connectivity index (χ4v) is 1.98. The first kappa shape index (κ1) is 6.08. The van der Waals surface area contributed by atoms with E-state index in [0.29, 0.717) is 0 Å². The molecular formula is C8H10O2. The number of ketones is 2. The smallest absolute Gasteiger partial charge is 0.149 e. The fourth-order valence-electron chi connectivity index (χ4n) is 1.98. The third-order valence-corrected chi connectivity index (χ3v) is 2.96. The van der Waals surface area contributed by atoms with Gasteiger partial charge in [0.25, 0.3) is 0 Å². The summed E-state index contributed by atoms with van der Waals surface area (Å²) in [4.78, 5) is 22.4. The first-order valence-corrected chi connectivity index (χ1v) is 3.65. The molecule has 0 spiro atoms.